The average Bonchev–Trinajstić information content (AvgIpc) is 3.24. The number of carbonyl (C=O) groups is 1. The Morgan fingerprint density at radius 1 is 1.23 bits per heavy atom. The fourth-order valence-corrected chi connectivity index (χ4v) is 4.43. The summed E-state index contributed by atoms with van der Waals surface area (Å²) in [5, 5.41) is 7.69. The van der Waals surface area contributed by atoms with Crippen molar-refractivity contribution in [2.24, 2.45) is 10.9 Å². The molecule has 1 amide bonds. The Balaban J connectivity index is 1.31. The van der Waals surface area contributed by atoms with Crippen LogP contribution in [0.1, 0.15) is 26.7 Å². The van der Waals surface area contributed by atoms with Crippen LogP contribution in [0.25, 0.3) is 0 Å². The number of amides is 1. The number of rotatable bonds is 7. The highest BCUT2D eigenvalue weighted by Gasteiger charge is 2.28. The van der Waals surface area contributed by atoms with Crippen LogP contribution in [0.4, 0.5) is 5.69 Å². The van der Waals surface area contributed by atoms with Gasteiger partial charge in [-0.2, -0.15) is 0 Å². The molecule has 8 heteroatoms. The standard InChI is InChI=1S/C23H37ClN6O/c1-18(2)22(31)30-11-8-20(17-30)27-23(25-3)26-9-5-10-28-12-14-29(15-13-28)21-7-4-6-19(24)16-21/h4,6-7,16,18,20H,5,8-15,17H2,1-3H3,(H2,25,26,27). The lowest BCUT2D eigenvalue weighted by Crippen LogP contribution is -2.48. The van der Waals surface area contributed by atoms with Crippen molar-refractivity contribution in [3.63, 3.8) is 0 Å². The highest BCUT2D eigenvalue weighted by atomic mass is 35.5. The van der Waals surface area contributed by atoms with Crippen molar-refractivity contribution in [3.8, 4) is 0 Å². The first-order valence-electron chi connectivity index (χ1n) is 11.4. The van der Waals surface area contributed by atoms with Crippen molar-refractivity contribution >= 4 is 29.2 Å². The molecule has 2 N–H and O–H groups in total. The van der Waals surface area contributed by atoms with E-state index in [2.05, 4.69) is 31.5 Å². The Morgan fingerprint density at radius 2 is 2.00 bits per heavy atom. The second-order valence-corrected chi connectivity index (χ2v) is 9.17. The number of hydrogen-bond acceptors (Lipinski definition) is 4. The molecule has 172 valence electrons. The molecule has 2 aliphatic heterocycles. The summed E-state index contributed by atoms with van der Waals surface area (Å²) in [4.78, 5) is 23.4. The van der Waals surface area contributed by atoms with Crippen LogP contribution in [-0.4, -0.2) is 87.1 Å². The van der Waals surface area contributed by atoms with E-state index in [1.54, 1.807) is 7.05 Å². The molecular formula is C23H37ClN6O. The molecule has 2 aliphatic rings. The van der Waals surface area contributed by atoms with Gasteiger partial charge in [0.1, 0.15) is 0 Å². The third-order valence-electron chi connectivity index (χ3n) is 6.05. The van der Waals surface area contributed by atoms with Gasteiger partial charge in [-0.3, -0.25) is 14.7 Å². The van der Waals surface area contributed by atoms with Gasteiger partial charge >= 0.3 is 0 Å². The van der Waals surface area contributed by atoms with Crippen LogP contribution >= 0.6 is 11.6 Å². The van der Waals surface area contributed by atoms with E-state index in [-0.39, 0.29) is 17.9 Å². The highest BCUT2D eigenvalue weighted by molar-refractivity contribution is 6.30. The number of likely N-dealkylation sites (tertiary alicyclic amines) is 1. The second-order valence-electron chi connectivity index (χ2n) is 8.73. The Hall–Kier alpha value is -1.99. The summed E-state index contributed by atoms with van der Waals surface area (Å²) in [6.45, 7) is 11.7. The number of benzene rings is 1. The van der Waals surface area contributed by atoms with E-state index in [4.69, 9.17) is 11.6 Å². The molecule has 0 aromatic heterocycles. The van der Waals surface area contributed by atoms with Gasteiger partial charge in [0, 0.05) is 75.5 Å². The molecule has 1 aromatic carbocycles. The maximum atomic E-state index is 12.2. The molecule has 2 fully saturated rings. The molecular weight excluding hydrogens is 412 g/mol. The van der Waals surface area contributed by atoms with Gasteiger partial charge in [0.05, 0.1) is 0 Å². The number of carbonyl (C=O) groups excluding carboxylic acids is 1. The Bertz CT molecular complexity index is 747. The monoisotopic (exact) mass is 448 g/mol. The Labute approximate surface area is 191 Å². The highest BCUT2D eigenvalue weighted by Crippen LogP contribution is 2.20. The van der Waals surface area contributed by atoms with Gasteiger partial charge in [-0.05, 0) is 37.6 Å². The normalized spacial score (nSPS) is 20.4. The van der Waals surface area contributed by atoms with Gasteiger partial charge in [-0.25, -0.2) is 0 Å². The van der Waals surface area contributed by atoms with Gasteiger partial charge in [0.25, 0.3) is 0 Å². The molecule has 2 saturated heterocycles. The molecule has 3 rings (SSSR count). The van der Waals surface area contributed by atoms with E-state index in [9.17, 15) is 4.79 Å². The molecule has 1 atom stereocenters. The number of aliphatic imine (C=N–C) groups is 1. The topological polar surface area (TPSA) is 63.2 Å². The molecule has 1 aromatic rings. The molecule has 0 radical (unpaired) electrons. The minimum atomic E-state index is 0.0588. The molecule has 7 nitrogen and oxygen atoms in total. The van der Waals surface area contributed by atoms with Crippen molar-refractivity contribution < 1.29 is 4.79 Å². The zero-order chi connectivity index (χ0) is 22.2. The van der Waals surface area contributed by atoms with Crippen LogP contribution in [0.2, 0.25) is 5.02 Å². The van der Waals surface area contributed by atoms with Crippen LogP contribution in [0.3, 0.4) is 0 Å². The SMILES string of the molecule is CN=C(NCCCN1CCN(c2cccc(Cl)c2)CC1)NC1CCN(C(=O)C(C)C)C1. The maximum Gasteiger partial charge on any atom is 0.225 e. The van der Waals surface area contributed by atoms with Crippen molar-refractivity contribution in [1.29, 1.82) is 0 Å². The van der Waals surface area contributed by atoms with E-state index in [1.807, 2.05) is 36.9 Å². The van der Waals surface area contributed by atoms with Gasteiger partial charge in [-0.1, -0.05) is 31.5 Å². The second kappa shape index (κ2) is 11.6. The van der Waals surface area contributed by atoms with Crippen LogP contribution < -0.4 is 15.5 Å². The van der Waals surface area contributed by atoms with Crippen molar-refractivity contribution in [2.45, 2.75) is 32.7 Å². The number of guanidine groups is 1. The number of anilines is 1. The first-order valence-corrected chi connectivity index (χ1v) is 11.8. The number of piperazine rings is 1. The van der Waals surface area contributed by atoms with Crippen LogP contribution in [0, 0.1) is 5.92 Å². The molecule has 0 aliphatic carbocycles. The van der Waals surface area contributed by atoms with Crippen LogP contribution in [0.5, 0.6) is 0 Å². The van der Waals surface area contributed by atoms with Crippen molar-refractivity contribution in [2.75, 3.05) is 64.3 Å². The van der Waals surface area contributed by atoms with E-state index in [0.717, 1.165) is 76.2 Å². The van der Waals surface area contributed by atoms with E-state index < -0.39 is 0 Å². The lowest BCUT2D eigenvalue weighted by molar-refractivity contribution is -0.133. The average molecular weight is 449 g/mol. The van der Waals surface area contributed by atoms with E-state index in [0.29, 0.717) is 0 Å². The van der Waals surface area contributed by atoms with Gasteiger partial charge in [0.15, 0.2) is 5.96 Å². The maximum absolute atomic E-state index is 12.2. The zero-order valence-corrected chi connectivity index (χ0v) is 19.9. The largest absolute Gasteiger partial charge is 0.369 e. The van der Waals surface area contributed by atoms with Crippen molar-refractivity contribution in [3.05, 3.63) is 29.3 Å². The van der Waals surface area contributed by atoms with Gasteiger partial charge in [-0.15, -0.1) is 0 Å². The zero-order valence-electron chi connectivity index (χ0n) is 19.1. The number of nitrogens with one attached hydrogen (secondary N) is 2. The summed E-state index contributed by atoms with van der Waals surface area (Å²) < 4.78 is 0. The summed E-state index contributed by atoms with van der Waals surface area (Å²) in [5.41, 5.74) is 1.21. The fraction of sp³-hybridized carbons (Fsp3) is 0.652. The molecule has 1 unspecified atom stereocenters. The number of halogens is 1. The van der Waals surface area contributed by atoms with E-state index >= 15 is 0 Å². The molecule has 0 saturated carbocycles. The van der Waals surface area contributed by atoms with E-state index in [1.165, 1.54) is 5.69 Å². The van der Waals surface area contributed by atoms with Crippen LogP contribution in [-0.2, 0) is 4.79 Å². The third kappa shape index (κ3) is 7.01. The molecule has 2 heterocycles. The first-order chi connectivity index (χ1) is 15.0. The van der Waals surface area contributed by atoms with Crippen LogP contribution in [0.15, 0.2) is 29.3 Å². The minimum absolute atomic E-state index is 0.0588. The Morgan fingerprint density at radius 3 is 2.68 bits per heavy atom. The third-order valence-corrected chi connectivity index (χ3v) is 6.28. The fourth-order valence-electron chi connectivity index (χ4n) is 4.24. The quantitative estimate of drug-likeness (QED) is 0.380. The first kappa shape index (κ1) is 23.7. The summed E-state index contributed by atoms with van der Waals surface area (Å²) in [6.07, 6.45) is 2.04. The smallest absolute Gasteiger partial charge is 0.225 e. The summed E-state index contributed by atoms with van der Waals surface area (Å²) in [6, 6.07) is 8.38. The summed E-state index contributed by atoms with van der Waals surface area (Å²) in [7, 11) is 1.80. The van der Waals surface area contributed by atoms with Gasteiger partial charge < -0.3 is 20.4 Å². The molecule has 31 heavy (non-hydrogen) atoms. The summed E-state index contributed by atoms with van der Waals surface area (Å²) in [5.74, 6) is 1.13. The number of hydrogen-bond donors (Lipinski definition) is 2. The van der Waals surface area contributed by atoms with Crippen molar-refractivity contribution in [1.82, 2.24) is 20.4 Å². The molecule has 0 bridgehead atoms. The predicted molar refractivity (Wildman–Crippen MR) is 129 cm³/mol. The minimum Gasteiger partial charge on any atom is -0.369 e. The Kier molecular flexibility index (Phi) is 8.84. The molecule has 0 spiro atoms. The summed E-state index contributed by atoms with van der Waals surface area (Å²) >= 11 is 6.13. The predicted octanol–water partition coefficient (Wildman–Crippen LogP) is 2.27. The number of nitrogens with zero attached hydrogens (tertiary/aromatic N) is 4. The van der Waals surface area contributed by atoms with Gasteiger partial charge in [0.2, 0.25) is 5.91 Å². The lowest BCUT2D eigenvalue weighted by Gasteiger charge is -2.36. The lowest BCUT2D eigenvalue weighted by atomic mass is 10.2.